The number of hydrogen-bond acceptors (Lipinski definition) is 9. The zero-order valence-electron chi connectivity index (χ0n) is 26.3. The predicted octanol–water partition coefficient (Wildman–Crippen LogP) is 9.78. The van der Waals surface area contributed by atoms with Crippen molar-refractivity contribution in [1.29, 1.82) is 0 Å². The summed E-state index contributed by atoms with van der Waals surface area (Å²) in [7, 11) is 0. The van der Waals surface area contributed by atoms with Gasteiger partial charge in [0.1, 0.15) is 16.5 Å². The smallest absolute Gasteiger partial charge is 0.298 e. The topological polar surface area (TPSA) is 94.5 Å². The van der Waals surface area contributed by atoms with E-state index in [2.05, 4.69) is 112 Å². The zero-order chi connectivity index (χ0) is 33.9. The molecular weight excluding hydrogens is 645 g/mol. The summed E-state index contributed by atoms with van der Waals surface area (Å²) in [5.41, 5.74) is 5.01. The lowest BCUT2D eigenvalue weighted by atomic mass is 10.1. The molecule has 4 aromatic heterocycles. The summed E-state index contributed by atoms with van der Waals surface area (Å²) in [6.45, 7) is 0.703. The molecule has 240 valence electrons. The lowest BCUT2D eigenvalue weighted by Gasteiger charge is -2.25. The number of rotatable bonds is 10. The van der Waals surface area contributed by atoms with Crippen molar-refractivity contribution in [3.05, 3.63) is 146 Å². The molecule has 8 aromatic rings. The van der Waals surface area contributed by atoms with E-state index in [9.17, 15) is 9.59 Å². The van der Waals surface area contributed by atoms with Gasteiger partial charge in [0, 0.05) is 46.5 Å². The second-order valence-corrected chi connectivity index (χ2v) is 12.4. The molecule has 4 heterocycles. The van der Waals surface area contributed by atoms with Crippen molar-refractivity contribution in [2.75, 3.05) is 4.90 Å². The van der Waals surface area contributed by atoms with Gasteiger partial charge in [0.25, 0.3) is 12.9 Å². The number of benzene rings is 4. The number of aromatic nitrogens is 3. The van der Waals surface area contributed by atoms with E-state index < -0.39 is 0 Å². The van der Waals surface area contributed by atoms with Crippen LogP contribution in [0.2, 0.25) is 0 Å². The van der Waals surface area contributed by atoms with Crippen LogP contribution in [0, 0.1) is 0 Å². The Labute approximate surface area is 290 Å². The number of nitrogens with zero attached hydrogens (tertiary/aromatic N) is 4. The van der Waals surface area contributed by atoms with Crippen molar-refractivity contribution < 1.29 is 19.1 Å². The Kier molecular flexibility index (Phi) is 8.22. The van der Waals surface area contributed by atoms with Gasteiger partial charge < -0.3 is 14.4 Å². The summed E-state index contributed by atoms with van der Waals surface area (Å²) < 4.78 is 10.2. The van der Waals surface area contributed by atoms with Crippen LogP contribution in [0.15, 0.2) is 146 Å². The number of hydrogen-bond donors (Lipinski definition) is 0. The maximum absolute atomic E-state index is 11.3. The summed E-state index contributed by atoms with van der Waals surface area (Å²) >= 11 is 1.67. The van der Waals surface area contributed by atoms with Crippen LogP contribution in [0.3, 0.4) is 0 Å². The molecule has 50 heavy (non-hydrogen) atoms. The van der Waals surface area contributed by atoms with E-state index in [1.807, 2.05) is 12.1 Å². The molecule has 0 saturated heterocycles. The van der Waals surface area contributed by atoms with E-state index in [0.29, 0.717) is 41.5 Å². The van der Waals surface area contributed by atoms with Crippen molar-refractivity contribution >= 4 is 62.2 Å². The van der Waals surface area contributed by atoms with Gasteiger partial charge in [-0.05, 0) is 70.3 Å². The third kappa shape index (κ3) is 6.05. The van der Waals surface area contributed by atoms with E-state index in [0.717, 1.165) is 43.0 Å². The molecule has 0 aliphatic carbocycles. The molecule has 0 atom stereocenters. The standard InChI is InChI=1S/C41H26N4O4S/c46-25-48-32-17-19-43-36(22-32)38-24-33(49-26-47)23-37(44-38)35-21-30(16-18-42-35)40-14-15-41(50-40)45(31-13-12-27-6-1-2-8-29(27)20-31)39-11-5-9-28-7-3-4-10-34(28)39/h1-26H. The fourth-order valence-electron chi connectivity index (χ4n) is 6.00. The van der Waals surface area contributed by atoms with Crippen LogP contribution in [0.1, 0.15) is 0 Å². The van der Waals surface area contributed by atoms with Crippen LogP contribution in [0.4, 0.5) is 16.4 Å². The lowest BCUT2D eigenvalue weighted by molar-refractivity contribution is -0.121. The number of carbonyl (C=O) groups is 2. The first-order chi connectivity index (χ1) is 24.7. The highest BCUT2D eigenvalue weighted by Crippen LogP contribution is 2.45. The largest absolute Gasteiger partial charge is 0.429 e. The molecule has 0 fully saturated rings. The van der Waals surface area contributed by atoms with Crippen LogP contribution >= 0.6 is 11.3 Å². The van der Waals surface area contributed by atoms with Crippen LogP contribution < -0.4 is 14.4 Å². The Balaban J connectivity index is 1.21. The number of thiophene rings is 1. The maximum Gasteiger partial charge on any atom is 0.298 e. The van der Waals surface area contributed by atoms with Gasteiger partial charge in [-0.3, -0.25) is 19.6 Å². The van der Waals surface area contributed by atoms with Gasteiger partial charge in [0.15, 0.2) is 0 Å². The first kappa shape index (κ1) is 30.6. The van der Waals surface area contributed by atoms with Crippen molar-refractivity contribution in [2.45, 2.75) is 0 Å². The fraction of sp³-hybridized carbons (Fsp3) is 0. The minimum atomic E-state index is 0.273. The Bertz CT molecular complexity index is 2530. The van der Waals surface area contributed by atoms with E-state index in [1.54, 1.807) is 41.8 Å². The molecule has 0 unspecified atom stereocenters. The molecule has 4 aromatic carbocycles. The van der Waals surface area contributed by atoms with Crippen LogP contribution in [-0.4, -0.2) is 27.9 Å². The fourth-order valence-corrected chi connectivity index (χ4v) is 7.04. The van der Waals surface area contributed by atoms with Gasteiger partial charge in [-0.1, -0.05) is 66.7 Å². The Morgan fingerprint density at radius 2 is 1.24 bits per heavy atom. The molecule has 0 N–H and O–H groups in total. The molecule has 8 nitrogen and oxygen atoms in total. The Morgan fingerprint density at radius 1 is 0.560 bits per heavy atom. The zero-order valence-corrected chi connectivity index (χ0v) is 27.2. The minimum Gasteiger partial charge on any atom is -0.429 e. The average molecular weight is 671 g/mol. The van der Waals surface area contributed by atoms with Gasteiger partial charge in [-0.15, -0.1) is 11.3 Å². The van der Waals surface area contributed by atoms with Crippen molar-refractivity contribution in [3.63, 3.8) is 0 Å². The van der Waals surface area contributed by atoms with E-state index in [1.165, 1.54) is 11.6 Å². The number of carbonyl (C=O) groups excluding carboxylic acids is 2. The molecule has 0 radical (unpaired) electrons. The summed E-state index contributed by atoms with van der Waals surface area (Å²) in [5.74, 6) is 0.583. The first-order valence-corrected chi connectivity index (χ1v) is 16.5. The third-order valence-electron chi connectivity index (χ3n) is 8.28. The van der Waals surface area contributed by atoms with Crippen LogP contribution in [-0.2, 0) is 9.59 Å². The summed E-state index contributed by atoms with van der Waals surface area (Å²) in [5, 5.41) is 5.72. The number of anilines is 3. The van der Waals surface area contributed by atoms with Gasteiger partial charge >= 0.3 is 0 Å². The lowest BCUT2D eigenvalue weighted by Crippen LogP contribution is -2.08. The third-order valence-corrected chi connectivity index (χ3v) is 9.40. The highest BCUT2D eigenvalue weighted by Gasteiger charge is 2.19. The molecule has 0 aliphatic heterocycles. The Morgan fingerprint density at radius 3 is 2.06 bits per heavy atom. The summed E-state index contributed by atoms with van der Waals surface area (Å²) in [6, 6.07) is 44.3. The molecule has 0 amide bonds. The molecule has 0 bridgehead atoms. The molecular formula is C41H26N4O4S. The second kappa shape index (κ2) is 13.4. The van der Waals surface area contributed by atoms with Crippen LogP contribution in [0.25, 0.3) is 54.8 Å². The normalized spacial score (nSPS) is 11.0. The number of pyridine rings is 3. The molecule has 9 heteroatoms. The van der Waals surface area contributed by atoms with Crippen molar-refractivity contribution in [1.82, 2.24) is 15.0 Å². The highest BCUT2D eigenvalue weighted by atomic mass is 32.1. The monoisotopic (exact) mass is 670 g/mol. The van der Waals surface area contributed by atoms with Gasteiger partial charge in [-0.25, -0.2) is 4.98 Å². The number of ether oxygens (including phenoxy) is 2. The number of fused-ring (bicyclic) bond motifs is 2. The quantitative estimate of drug-likeness (QED) is 0.133. The predicted molar refractivity (Wildman–Crippen MR) is 197 cm³/mol. The second-order valence-electron chi connectivity index (χ2n) is 11.3. The average Bonchev–Trinajstić information content (AvgIpc) is 3.65. The molecule has 0 saturated carbocycles. The minimum absolute atomic E-state index is 0.273. The van der Waals surface area contributed by atoms with Crippen molar-refractivity contribution in [3.8, 4) is 44.7 Å². The van der Waals surface area contributed by atoms with E-state index in [4.69, 9.17) is 14.5 Å². The highest BCUT2D eigenvalue weighted by molar-refractivity contribution is 7.19. The SMILES string of the molecule is O=COc1ccnc(-c2cc(OC=O)cc(-c3cc(-c4ccc(N(c5ccc6ccccc6c5)c5cccc6ccccc56)s4)ccn3)n2)c1. The summed E-state index contributed by atoms with van der Waals surface area (Å²) in [4.78, 5) is 39.3. The van der Waals surface area contributed by atoms with Crippen molar-refractivity contribution in [2.24, 2.45) is 0 Å². The van der Waals surface area contributed by atoms with E-state index in [-0.39, 0.29) is 5.75 Å². The Hall–Kier alpha value is -6.71. The van der Waals surface area contributed by atoms with Gasteiger partial charge in [-0.2, -0.15) is 0 Å². The van der Waals surface area contributed by atoms with Crippen LogP contribution in [0.5, 0.6) is 11.5 Å². The molecule has 0 spiro atoms. The maximum atomic E-state index is 11.3. The van der Waals surface area contributed by atoms with Gasteiger partial charge in [0.05, 0.1) is 28.5 Å². The molecule has 0 aliphatic rings. The van der Waals surface area contributed by atoms with Gasteiger partial charge in [0.2, 0.25) is 0 Å². The summed E-state index contributed by atoms with van der Waals surface area (Å²) in [6.07, 6.45) is 3.25. The molecule has 8 rings (SSSR count). The first-order valence-electron chi connectivity index (χ1n) is 15.7. The van der Waals surface area contributed by atoms with E-state index >= 15 is 0 Å².